The molecule has 1 saturated heterocycles. The van der Waals surface area contributed by atoms with E-state index in [1.807, 2.05) is 30.3 Å². The van der Waals surface area contributed by atoms with Crippen LogP contribution in [0.5, 0.6) is 0 Å². The molecule has 136 valence electrons. The number of anilines is 1. The van der Waals surface area contributed by atoms with Crippen LogP contribution in [0, 0.1) is 6.92 Å². The van der Waals surface area contributed by atoms with Gasteiger partial charge in [0, 0.05) is 29.1 Å². The van der Waals surface area contributed by atoms with Crippen LogP contribution in [-0.4, -0.2) is 45.9 Å². The van der Waals surface area contributed by atoms with Crippen molar-refractivity contribution in [3.05, 3.63) is 53.1 Å². The Morgan fingerprint density at radius 3 is 2.67 bits per heavy atom. The fraction of sp³-hybridized carbons (Fsp3) is 0.250. The summed E-state index contributed by atoms with van der Waals surface area (Å²) in [5, 5.41) is 10.7. The highest BCUT2D eigenvalue weighted by molar-refractivity contribution is 6.31. The first-order valence-electron chi connectivity index (χ1n) is 8.95. The molecule has 7 heteroatoms. The minimum atomic E-state index is 0.658. The van der Waals surface area contributed by atoms with Crippen LogP contribution in [-0.2, 0) is 4.74 Å². The topological polar surface area (TPSA) is 55.5 Å². The molecule has 2 aromatic carbocycles. The Bertz CT molecular complexity index is 1150. The molecule has 0 amide bonds. The quantitative estimate of drug-likeness (QED) is 0.531. The molecule has 4 aromatic rings. The molecule has 0 aliphatic carbocycles. The predicted molar refractivity (Wildman–Crippen MR) is 107 cm³/mol. The van der Waals surface area contributed by atoms with Crippen LogP contribution in [0.25, 0.3) is 27.9 Å². The monoisotopic (exact) mass is 379 g/mol. The molecule has 5 rings (SSSR count). The fourth-order valence-electron chi connectivity index (χ4n) is 3.57. The highest BCUT2D eigenvalue weighted by Crippen LogP contribution is 2.31. The second kappa shape index (κ2) is 6.48. The maximum atomic E-state index is 6.21. The van der Waals surface area contributed by atoms with Crippen LogP contribution < -0.4 is 4.90 Å². The Morgan fingerprint density at radius 1 is 1.04 bits per heavy atom. The van der Waals surface area contributed by atoms with Crippen molar-refractivity contribution in [3.63, 3.8) is 0 Å². The van der Waals surface area contributed by atoms with Crippen LogP contribution in [0.1, 0.15) is 5.56 Å². The van der Waals surface area contributed by atoms with E-state index >= 15 is 0 Å². The Balaban J connectivity index is 1.85. The molecule has 0 atom stereocenters. The number of fused-ring (bicyclic) bond motifs is 3. The lowest BCUT2D eigenvalue weighted by Gasteiger charge is -2.28. The second-order valence-corrected chi connectivity index (χ2v) is 7.11. The van der Waals surface area contributed by atoms with E-state index in [1.165, 1.54) is 0 Å². The number of benzene rings is 2. The highest BCUT2D eigenvalue weighted by atomic mass is 35.5. The molecule has 0 unspecified atom stereocenters. The molecule has 1 fully saturated rings. The summed E-state index contributed by atoms with van der Waals surface area (Å²) in [4.78, 5) is 7.17. The minimum absolute atomic E-state index is 0.658. The van der Waals surface area contributed by atoms with Crippen molar-refractivity contribution in [2.24, 2.45) is 0 Å². The van der Waals surface area contributed by atoms with Crippen molar-refractivity contribution >= 4 is 34.1 Å². The molecule has 2 aromatic heterocycles. The van der Waals surface area contributed by atoms with E-state index in [2.05, 4.69) is 38.6 Å². The number of aryl methyl sites for hydroxylation is 1. The van der Waals surface area contributed by atoms with Crippen molar-refractivity contribution in [1.82, 2.24) is 19.6 Å². The molecule has 0 spiro atoms. The summed E-state index contributed by atoms with van der Waals surface area (Å²) in [6.45, 7) is 5.00. The van der Waals surface area contributed by atoms with Gasteiger partial charge in [-0.05, 0) is 30.7 Å². The van der Waals surface area contributed by atoms with Gasteiger partial charge in [-0.2, -0.15) is 0 Å². The maximum Gasteiger partial charge on any atom is 0.213 e. The number of aromatic nitrogens is 4. The van der Waals surface area contributed by atoms with Gasteiger partial charge >= 0.3 is 0 Å². The van der Waals surface area contributed by atoms with Crippen molar-refractivity contribution in [3.8, 4) is 11.4 Å². The summed E-state index contributed by atoms with van der Waals surface area (Å²) >= 11 is 6.21. The zero-order chi connectivity index (χ0) is 18.4. The molecule has 1 aliphatic heterocycles. The Morgan fingerprint density at radius 2 is 1.85 bits per heavy atom. The molecular formula is C20H18ClN5O. The number of rotatable bonds is 2. The molecule has 0 bridgehead atoms. The van der Waals surface area contributed by atoms with E-state index < -0.39 is 0 Å². The summed E-state index contributed by atoms with van der Waals surface area (Å²) in [6, 6.07) is 13.9. The van der Waals surface area contributed by atoms with Gasteiger partial charge in [0.05, 0.1) is 18.7 Å². The summed E-state index contributed by atoms with van der Waals surface area (Å²) in [7, 11) is 0. The Kier molecular flexibility index (Phi) is 3.95. The normalized spacial score (nSPS) is 15.0. The average Bonchev–Trinajstić information content (AvgIpc) is 3.13. The zero-order valence-corrected chi connectivity index (χ0v) is 15.6. The molecule has 6 nitrogen and oxygen atoms in total. The van der Waals surface area contributed by atoms with Crippen LogP contribution in [0.3, 0.4) is 0 Å². The smallest absolute Gasteiger partial charge is 0.213 e. The maximum absolute atomic E-state index is 6.21. The lowest BCUT2D eigenvalue weighted by Crippen LogP contribution is -2.38. The van der Waals surface area contributed by atoms with Crippen LogP contribution in [0.15, 0.2) is 42.5 Å². The van der Waals surface area contributed by atoms with Gasteiger partial charge in [0.2, 0.25) is 5.95 Å². The molecular weight excluding hydrogens is 362 g/mol. The first-order valence-corrected chi connectivity index (χ1v) is 9.33. The second-order valence-electron chi connectivity index (χ2n) is 6.67. The van der Waals surface area contributed by atoms with Gasteiger partial charge in [-0.1, -0.05) is 35.9 Å². The number of ether oxygens (including phenoxy) is 1. The number of halogens is 1. The van der Waals surface area contributed by atoms with Crippen molar-refractivity contribution in [2.45, 2.75) is 6.92 Å². The van der Waals surface area contributed by atoms with Crippen LogP contribution in [0.2, 0.25) is 5.02 Å². The first-order chi connectivity index (χ1) is 13.2. The SMILES string of the molecule is Cc1ccccc1-c1nnc2c3ccc(Cl)cc3nc(N3CCOCC3)n12. The van der Waals surface area contributed by atoms with Crippen LogP contribution in [0.4, 0.5) is 5.95 Å². The molecule has 0 N–H and O–H groups in total. The van der Waals surface area contributed by atoms with E-state index in [9.17, 15) is 0 Å². The Labute approximate surface area is 161 Å². The van der Waals surface area contributed by atoms with E-state index in [0.717, 1.165) is 52.5 Å². The van der Waals surface area contributed by atoms with Gasteiger partial charge in [0.1, 0.15) is 0 Å². The van der Waals surface area contributed by atoms with Gasteiger partial charge < -0.3 is 9.64 Å². The van der Waals surface area contributed by atoms with Gasteiger partial charge in [-0.3, -0.25) is 0 Å². The van der Waals surface area contributed by atoms with E-state index in [0.29, 0.717) is 18.2 Å². The first kappa shape index (κ1) is 16.5. The molecule has 0 radical (unpaired) electrons. The summed E-state index contributed by atoms with van der Waals surface area (Å²) in [5.74, 6) is 1.63. The van der Waals surface area contributed by atoms with Crippen molar-refractivity contribution in [2.75, 3.05) is 31.2 Å². The highest BCUT2D eigenvalue weighted by Gasteiger charge is 2.22. The summed E-state index contributed by atoms with van der Waals surface area (Å²) in [6.07, 6.45) is 0. The zero-order valence-electron chi connectivity index (χ0n) is 14.9. The van der Waals surface area contributed by atoms with E-state index in [1.54, 1.807) is 0 Å². The summed E-state index contributed by atoms with van der Waals surface area (Å²) < 4.78 is 7.58. The molecule has 3 heterocycles. The molecule has 1 aliphatic rings. The van der Waals surface area contributed by atoms with Gasteiger partial charge in [0.15, 0.2) is 11.5 Å². The fourth-order valence-corrected chi connectivity index (χ4v) is 3.73. The third-order valence-electron chi connectivity index (χ3n) is 4.96. The van der Waals surface area contributed by atoms with Crippen molar-refractivity contribution in [1.29, 1.82) is 0 Å². The van der Waals surface area contributed by atoms with E-state index in [-0.39, 0.29) is 0 Å². The molecule has 0 saturated carbocycles. The number of hydrogen-bond donors (Lipinski definition) is 0. The summed E-state index contributed by atoms with van der Waals surface area (Å²) in [5.41, 5.74) is 3.81. The molecule has 27 heavy (non-hydrogen) atoms. The van der Waals surface area contributed by atoms with Crippen molar-refractivity contribution < 1.29 is 4.74 Å². The number of hydrogen-bond acceptors (Lipinski definition) is 5. The minimum Gasteiger partial charge on any atom is -0.378 e. The lowest BCUT2D eigenvalue weighted by atomic mass is 10.1. The standard InChI is InChI=1S/C20H18ClN5O/c1-13-4-2-3-5-15(13)18-23-24-19-16-7-6-14(21)12-17(16)22-20(26(18)19)25-8-10-27-11-9-25/h2-7,12H,8-11H2,1H3. The predicted octanol–water partition coefficient (Wildman–Crippen LogP) is 3.74. The number of morpholine rings is 1. The number of nitrogens with zero attached hydrogens (tertiary/aromatic N) is 5. The largest absolute Gasteiger partial charge is 0.378 e. The third kappa shape index (κ3) is 2.72. The van der Waals surface area contributed by atoms with Crippen LogP contribution >= 0.6 is 11.6 Å². The average molecular weight is 380 g/mol. The van der Waals surface area contributed by atoms with Gasteiger partial charge in [-0.15, -0.1) is 10.2 Å². The third-order valence-corrected chi connectivity index (χ3v) is 5.20. The van der Waals surface area contributed by atoms with Gasteiger partial charge in [0.25, 0.3) is 0 Å². The van der Waals surface area contributed by atoms with E-state index in [4.69, 9.17) is 21.3 Å². The van der Waals surface area contributed by atoms with Gasteiger partial charge in [-0.25, -0.2) is 9.38 Å². The lowest BCUT2D eigenvalue weighted by molar-refractivity contribution is 0.122. The Hall–Kier alpha value is -2.70.